The van der Waals surface area contributed by atoms with E-state index in [2.05, 4.69) is 5.32 Å². The van der Waals surface area contributed by atoms with E-state index in [1.165, 1.54) is 16.4 Å². The minimum Gasteiger partial charge on any atom is -0.452 e. The Labute approximate surface area is 160 Å². The number of sulfonamides is 1. The summed E-state index contributed by atoms with van der Waals surface area (Å²) in [6.07, 6.45) is 3.93. The van der Waals surface area contributed by atoms with Crippen LogP contribution in [-0.4, -0.2) is 49.8 Å². The molecule has 1 N–H and O–H groups in total. The Hall–Kier alpha value is -1.93. The van der Waals surface area contributed by atoms with Gasteiger partial charge in [0.05, 0.1) is 11.3 Å². The van der Waals surface area contributed by atoms with Gasteiger partial charge in [0.2, 0.25) is 10.0 Å². The number of amides is 1. The van der Waals surface area contributed by atoms with Crippen molar-refractivity contribution in [2.24, 2.45) is 0 Å². The topological polar surface area (TPSA) is 92.8 Å². The van der Waals surface area contributed by atoms with Gasteiger partial charge in [-0.1, -0.05) is 18.6 Å². The highest BCUT2D eigenvalue weighted by Crippen LogP contribution is 2.21. The highest BCUT2D eigenvalue weighted by molar-refractivity contribution is 7.89. The minimum absolute atomic E-state index is 0.00884. The Kier molecular flexibility index (Phi) is 6.16. The van der Waals surface area contributed by atoms with E-state index in [9.17, 15) is 18.0 Å². The number of carbonyl (C=O) groups is 2. The van der Waals surface area contributed by atoms with Gasteiger partial charge in [-0.15, -0.1) is 0 Å². The minimum atomic E-state index is -3.48. The van der Waals surface area contributed by atoms with Crippen molar-refractivity contribution in [2.75, 3.05) is 13.1 Å². The van der Waals surface area contributed by atoms with Gasteiger partial charge in [-0.25, -0.2) is 8.42 Å². The van der Waals surface area contributed by atoms with Crippen LogP contribution in [0.2, 0.25) is 0 Å². The van der Waals surface area contributed by atoms with Crippen LogP contribution in [0, 0.1) is 0 Å². The molecule has 0 unspecified atom stereocenters. The molecule has 0 bridgehead atoms. The monoisotopic (exact) mass is 394 g/mol. The average Bonchev–Trinajstić information content (AvgIpc) is 3.46. The van der Waals surface area contributed by atoms with Crippen molar-refractivity contribution in [1.29, 1.82) is 0 Å². The Balaban J connectivity index is 1.55. The zero-order valence-electron chi connectivity index (χ0n) is 15.5. The fourth-order valence-electron chi connectivity index (χ4n) is 3.04. The molecule has 1 heterocycles. The molecule has 1 aromatic rings. The number of hydrogen-bond acceptors (Lipinski definition) is 5. The first-order valence-electron chi connectivity index (χ1n) is 9.45. The number of piperidine rings is 1. The molecule has 2 aliphatic rings. The lowest BCUT2D eigenvalue weighted by atomic mass is 10.1. The van der Waals surface area contributed by atoms with Crippen LogP contribution in [0.1, 0.15) is 44.6 Å². The van der Waals surface area contributed by atoms with Crippen LogP contribution in [0.15, 0.2) is 29.2 Å². The van der Waals surface area contributed by atoms with Crippen LogP contribution < -0.4 is 5.32 Å². The molecule has 2 fully saturated rings. The summed E-state index contributed by atoms with van der Waals surface area (Å²) in [4.78, 5) is 24.1. The van der Waals surface area contributed by atoms with Crippen LogP contribution in [0.5, 0.6) is 0 Å². The molecule has 3 rings (SSSR count). The van der Waals surface area contributed by atoms with Crippen molar-refractivity contribution >= 4 is 21.9 Å². The van der Waals surface area contributed by atoms with Crippen LogP contribution in [0.4, 0.5) is 0 Å². The molecule has 1 atom stereocenters. The number of rotatable bonds is 7. The molecule has 1 saturated heterocycles. The van der Waals surface area contributed by atoms with Crippen molar-refractivity contribution in [1.82, 2.24) is 9.62 Å². The van der Waals surface area contributed by atoms with E-state index in [0.717, 1.165) is 32.1 Å². The highest BCUT2D eigenvalue weighted by Gasteiger charge is 2.28. The molecule has 1 aromatic carbocycles. The van der Waals surface area contributed by atoms with Crippen LogP contribution in [0.3, 0.4) is 0 Å². The van der Waals surface area contributed by atoms with Crippen LogP contribution in [-0.2, 0) is 30.8 Å². The summed E-state index contributed by atoms with van der Waals surface area (Å²) in [5.41, 5.74) is 0.646. The summed E-state index contributed by atoms with van der Waals surface area (Å²) in [5.74, 6) is -0.797. The van der Waals surface area contributed by atoms with Crippen molar-refractivity contribution in [2.45, 2.75) is 62.5 Å². The number of esters is 1. The molecular weight excluding hydrogens is 368 g/mol. The standard InChI is InChI=1S/C19H26N2O5S/c1-14(19(23)20-16-7-8-16)26-18(22)13-15-5-9-17(10-6-15)27(24,25)21-11-3-2-4-12-21/h5-6,9-10,14,16H,2-4,7-8,11-13H2,1H3,(H,20,23)/t14-/m1/s1. The van der Waals surface area contributed by atoms with Crippen LogP contribution >= 0.6 is 0 Å². The van der Waals surface area contributed by atoms with Gasteiger partial charge >= 0.3 is 5.97 Å². The Morgan fingerprint density at radius 3 is 2.37 bits per heavy atom. The smallest absolute Gasteiger partial charge is 0.311 e. The average molecular weight is 394 g/mol. The molecule has 0 aromatic heterocycles. The third-order valence-electron chi connectivity index (χ3n) is 4.83. The van der Waals surface area contributed by atoms with Crippen LogP contribution in [0.25, 0.3) is 0 Å². The van der Waals surface area contributed by atoms with Gasteiger partial charge in [0.25, 0.3) is 5.91 Å². The fourth-order valence-corrected chi connectivity index (χ4v) is 4.56. The summed E-state index contributed by atoms with van der Waals surface area (Å²) in [6.45, 7) is 2.65. The van der Waals surface area contributed by atoms with E-state index in [1.807, 2.05) is 0 Å². The summed E-state index contributed by atoms with van der Waals surface area (Å²) in [5, 5.41) is 2.79. The lowest BCUT2D eigenvalue weighted by Gasteiger charge is -2.25. The zero-order valence-corrected chi connectivity index (χ0v) is 16.3. The second-order valence-electron chi connectivity index (χ2n) is 7.20. The van der Waals surface area contributed by atoms with Crippen molar-refractivity contribution in [3.05, 3.63) is 29.8 Å². The largest absolute Gasteiger partial charge is 0.452 e. The third-order valence-corrected chi connectivity index (χ3v) is 6.74. The Bertz CT molecular complexity index is 781. The van der Waals surface area contributed by atoms with E-state index in [4.69, 9.17) is 4.74 Å². The molecule has 27 heavy (non-hydrogen) atoms. The van der Waals surface area contributed by atoms with Gasteiger partial charge in [-0.3, -0.25) is 9.59 Å². The van der Waals surface area contributed by atoms with Gasteiger partial charge in [-0.2, -0.15) is 4.31 Å². The van der Waals surface area contributed by atoms with Crippen molar-refractivity contribution in [3.8, 4) is 0 Å². The van der Waals surface area contributed by atoms with Crippen molar-refractivity contribution in [3.63, 3.8) is 0 Å². The molecular formula is C19H26N2O5S. The number of nitrogens with one attached hydrogen (secondary N) is 1. The van der Waals surface area contributed by atoms with Gasteiger partial charge < -0.3 is 10.1 Å². The lowest BCUT2D eigenvalue weighted by Crippen LogP contribution is -2.37. The molecule has 1 amide bonds. The van der Waals surface area contributed by atoms with Crippen molar-refractivity contribution < 1.29 is 22.7 Å². The summed E-state index contributed by atoms with van der Waals surface area (Å²) >= 11 is 0. The Morgan fingerprint density at radius 1 is 1.15 bits per heavy atom. The maximum Gasteiger partial charge on any atom is 0.311 e. The number of carbonyl (C=O) groups excluding carboxylic acids is 2. The summed E-state index contributed by atoms with van der Waals surface area (Å²) < 4.78 is 31.9. The quantitative estimate of drug-likeness (QED) is 0.710. The first kappa shape index (κ1) is 19.8. The van der Waals surface area contributed by atoms with Gasteiger partial charge in [0.1, 0.15) is 0 Å². The molecule has 0 spiro atoms. The number of hydrogen-bond donors (Lipinski definition) is 1. The molecule has 1 saturated carbocycles. The van der Waals surface area contributed by atoms with E-state index in [0.29, 0.717) is 18.7 Å². The first-order chi connectivity index (χ1) is 12.9. The molecule has 1 aliphatic heterocycles. The Morgan fingerprint density at radius 2 is 1.78 bits per heavy atom. The fraction of sp³-hybridized carbons (Fsp3) is 0.579. The number of nitrogens with zero attached hydrogens (tertiary/aromatic N) is 1. The number of ether oxygens (including phenoxy) is 1. The maximum absolute atomic E-state index is 12.6. The second-order valence-corrected chi connectivity index (χ2v) is 9.14. The second kappa shape index (κ2) is 8.39. The van der Waals surface area contributed by atoms with Gasteiger partial charge in [-0.05, 0) is 50.3 Å². The predicted molar refractivity (Wildman–Crippen MR) is 99.5 cm³/mol. The first-order valence-corrected chi connectivity index (χ1v) is 10.9. The third kappa shape index (κ3) is 5.29. The molecule has 8 heteroatoms. The number of benzene rings is 1. The zero-order chi connectivity index (χ0) is 19.4. The molecule has 7 nitrogen and oxygen atoms in total. The highest BCUT2D eigenvalue weighted by atomic mass is 32.2. The van der Waals surface area contributed by atoms with E-state index >= 15 is 0 Å². The van der Waals surface area contributed by atoms with Gasteiger partial charge in [0.15, 0.2) is 6.10 Å². The summed E-state index contributed by atoms with van der Waals surface area (Å²) in [6, 6.07) is 6.50. The normalized spacial score (nSPS) is 19.3. The summed E-state index contributed by atoms with van der Waals surface area (Å²) in [7, 11) is -3.48. The van der Waals surface area contributed by atoms with Gasteiger partial charge in [0, 0.05) is 19.1 Å². The lowest BCUT2D eigenvalue weighted by molar-refractivity contribution is -0.154. The van der Waals surface area contributed by atoms with E-state index in [1.54, 1.807) is 19.1 Å². The predicted octanol–water partition coefficient (Wildman–Crippen LogP) is 1.61. The molecule has 0 radical (unpaired) electrons. The van der Waals surface area contributed by atoms with E-state index in [-0.39, 0.29) is 23.3 Å². The van der Waals surface area contributed by atoms with E-state index < -0.39 is 22.1 Å². The molecule has 148 valence electrons. The maximum atomic E-state index is 12.6. The molecule has 1 aliphatic carbocycles. The SMILES string of the molecule is C[C@@H](OC(=O)Cc1ccc(S(=O)(=O)N2CCCCC2)cc1)C(=O)NC1CC1.